The Bertz CT molecular complexity index is 751. The van der Waals surface area contributed by atoms with Gasteiger partial charge in [-0.15, -0.1) is 0 Å². The highest BCUT2D eigenvalue weighted by atomic mass is 79.9. The van der Waals surface area contributed by atoms with Gasteiger partial charge in [0.05, 0.1) is 0 Å². The predicted octanol–water partition coefficient (Wildman–Crippen LogP) is 4.80. The van der Waals surface area contributed by atoms with E-state index in [0.29, 0.717) is 5.92 Å². The van der Waals surface area contributed by atoms with Crippen molar-refractivity contribution in [1.29, 1.82) is 0 Å². The Morgan fingerprint density at radius 3 is 2.22 bits per heavy atom. The van der Waals surface area contributed by atoms with E-state index in [1.54, 1.807) is 0 Å². The van der Waals surface area contributed by atoms with E-state index in [2.05, 4.69) is 47.1 Å². The Morgan fingerprint density at radius 1 is 1.00 bits per heavy atom. The van der Waals surface area contributed by atoms with Crippen LogP contribution in [-0.4, -0.2) is 40.5 Å². The largest absolute Gasteiger partial charge is 0.388 e. The number of likely N-dealkylation sites (tertiary alicyclic amines) is 1. The van der Waals surface area contributed by atoms with Crippen LogP contribution in [0.15, 0.2) is 53.0 Å². The van der Waals surface area contributed by atoms with E-state index >= 15 is 0 Å². The fourth-order valence-electron chi connectivity index (χ4n) is 3.95. The van der Waals surface area contributed by atoms with Gasteiger partial charge in [-0.05, 0) is 47.6 Å². The third kappa shape index (κ3) is 4.45. The highest BCUT2D eigenvalue weighted by molar-refractivity contribution is 9.10. The molecule has 0 aliphatic carbocycles. The molecule has 4 heteroatoms. The number of aliphatic hydroxyl groups excluding tert-OH is 2. The number of hydrogen-bond donors (Lipinski definition) is 2. The van der Waals surface area contributed by atoms with Gasteiger partial charge in [0.25, 0.3) is 0 Å². The van der Waals surface area contributed by atoms with Crippen molar-refractivity contribution in [2.45, 2.75) is 51.4 Å². The topological polar surface area (TPSA) is 43.7 Å². The zero-order valence-corrected chi connectivity index (χ0v) is 18.0. The Balaban J connectivity index is 1.89. The Kier molecular flexibility index (Phi) is 6.42. The van der Waals surface area contributed by atoms with Gasteiger partial charge < -0.3 is 10.2 Å². The second-order valence-corrected chi connectivity index (χ2v) is 9.27. The summed E-state index contributed by atoms with van der Waals surface area (Å²) >= 11 is 3.49. The smallest absolute Gasteiger partial charge is 0.134 e. The van der Waals surface area contributed by atoms with Crippen LogP contribution in [0, 0.1) is 5.92 Å². The molecule has 2 aromatic rings. The normalized spacial score (nSPS) is 19.0. The number of benzene rings is 2. The molecule has 2 atom stereocenters. The number of halogens is 1. The van der Waals surface area contributed by atoms with Crippen LogP contribution in [0.4, 0.5) is 0 Å². The van der Waals surface area contributed by atoms with Gasteiger partial charge in [0.2, 0.25) is 0 Å². The standard InChI is InChI=1S/C23H30BrNO2/c1-16-12-14-25(15-13-16)22(27)21(26)23(2,3)20-7-5-4-6-19(20)17-8-10-18(24)11-9-17/h4-11,16,21-22,26-27H,12-15H2,1-3H3. The van der Waals surface area contributed by atoms with Crippen molar-refractivity contribution >= 4 is 15.9 Å². The van der Waals surface area contributed by atoms with E-state index in [-0.39, 0.29) is 0 Å². The van der Waals surface area contributed by atoms with Crippen LogP contribution in [-0.2, 0) is 5.41 Å². The van der Waals surface area contributed by atoms with Crippen LogP contribution >= 0.6 is 15.9 Å². The summed E-state index contributed by atoms with van der Waals surface area (Å²) in [5.41, 5.74) is 2.65. The lowest BCUT2D eigenvalue weighted by Gasteiger charge is -2.42. The SMILES string of the molecule is CC1CCN(C(O)C(O)C(C)(C)c2ccccc2-c2ccc(Br)cc2)CC1. The minimum Gasteiger partial charge on any atom is -0.388 e. The summed E-state index contributed by atoms with van der Waals surface area (Å²) in [4.78, 5) is 2.02. The van der Waals surface area contributed by atoms with Crippen molar-refractivity contribution in [2.24, 2.45) is 5.92 Å². The van der Waals surface area contributed by atoms with E-state index in [9.17, 15) is 10.2 Å². The van der Waals surface area contributed by atoms with E-state index < -0.39 is 17.7 Å². The van der Waals surface area contributed by atoms with Gasteiger partial charge in [-0.25, -0.2) is 0 Å². The molecule has 3 rings (SSSR count). The molecule has 1 aliphatic heterocycles. The number of aliphatic hydroxyl groups is 2. The van der Waals surface area contributed by atoms with Crippen molar-refractivity contribution in [3.05, 3.63) is 58.6 Å². The third-order valence-corrected chi connectivity index (χ3v) is 6.52. The number of hydrogen-bond acceptors (Lipinski definition) is 3. The summed E-state index contributed by atoms with van der Waals surface area (Å²) < 4.78 is 1.04. The molecule has 0 aromatic heterocycles. The Labute approximate surface area is 171 Å². The van der Waals surface area contributed by atoms with Gasteiger partial charge in [-0.1, -0.05) is 73.1 Å². The van der Waals surface area contributed by atoms with Gasteiger partial charge in [-0.2, -0.15) is 0 Å². The minimum absolute atomic E-state index is 0.591. The maximum absolute atomic E-state index is 11.1. The predicted molar refractivity (Wildman–Crippen MR) is 115 cm³/mol. The second kappa shape index (κ2) is 8.44. The fourth-order valence-corrected chi connectivity index (χ4v) is 4.22. The molecule has 3 nitrogen and oxygen atoms in total. The molecule has 0 bridgehead atoms. The summed E-state index contributed by atoms with van der Waals surface area (Å²) in [6.45, 7) is 7.96. The van der Waals surface area contributed by atoms with E-state index in [1.165, 1.54) is 0 Å². The quantitative estimate of drug-likeness (QED) is 0.713. The molecule has 0 spiro atoms. The zero-order chi connectivity index (χ0) is 19.6. The highest BCUT2D eigenvalue weighted by Crippen LogP contribution is 2.37. The molecular formula is C23H30BrNO2. The van der Waals surface area contributed by atoms with Gasteiger partial charge in [0, 0.05) is 23.0 Å². The monoisotopic (exact) mass is 431 g/mol. The molecule has 0 radical (unpaired) electrons. The molecule has 1 saturated heterocycles. The second-order valence-electron chi connectivity index (χ2n) is 8.35. The first-order chi connectivity index (χ1) is 12.8. The van der Waals surface area contributed by atoms with Gasteiger partial charge in [0.15, 0.2) is 0 Å². The summed E-state index contributed by atoms with van der Waals surface area (Å²) in [6.07, 6.45) is 0.410. The van der Waals surface area contributed by atoms with Crippen molar-refractivity contribution in [1.82, 2.24) is 4.90 Å². The summed E-state index contributed by atoms with van der Waals surface area (Å²) in [5.74, 6) is 0.691. The lowest BCUT2D eigenvalue weighted by atomic mass is 9.75. The first-order valence-electron chi connectivity index (χ1n) is 9.76. The highest BCUT2D eigenvalue weighted by Gasteiger charge is 2.39. The van der Waals surface area contributed by atoms with Gasteiger partial charge in [-0.3, -0.25) is 4.90 Å². The van der Waals surface area contributed by atoms with Crippen LogP contribution in [0.5, 0.6) is 0 Å². The minimum atomic E-state index is -0.873. The third-order valence-electron chi connectivity index (χ3n) is 5.99. The molecular weight excluding hydrogens is 402 g/mol. The molecule has 0 saturated carbocycles. The van der Waals surface area contributed by atoms with E-state index in [0.717, 1.165) is 47.1 Å². The lowest BCUT2D eigenvalue weighted by molar-refractivity contribution is -0.116. The van der Waals surface area contributed by atoms with E-state index in [4.69, 9.17) is 0 Å². The summed E-state index contributed by atoms with van der Waals surface area (Å²) in [6, 6.07) is 16.4. The molecule has 1 heterocycles. The molecule has 2 unspecified atom stereocenters. The average molecular weight is 432 g/mol. The van der Waals surface area contributed by atoms with Crippen LogP contribution < -0.4 is 0 Å². The van der Waals surface area contributed by atoms with Gasteiger partial charge in [0.1, 0.15) is 12.3 Å². The molecule has 2 aromatic carbocycles. The molecule has 27 heavy (non-hydrogen) atoms. The fraction of sp³-hybridized carbons (Fsp3) is 0.478. The molecule has 0 amide bonds. The first kappa shape index (κ1) is 20.5. The Hall–Kier alpha value is -1.20. The maximum Gasteiger partial charge on any atom is 0.134 e. The van der Waals surface area contributed by atoms with Crippen LogP contribution in [0.1, 0.15) is 39.2 Å². The molecule has 146 valence electrons. The number of rotatable bonds is 5. The van der Waals surface area contributed by atoms with Crippen LogP contribution in [0.3, 0.4) is 0 Å². The summed E-state index contributed by atoms with van der Waals surface area (Å²) in [5, 5.41) is 22.0. The van der Waals surface area contributed by atoms with Crippen molar-refractivity contribution in [3.63, 3.8) is 0 Å². The van der Waals surface area contributed by atoms with E-state index in [1.807, 2.05) is 43.0 Å². The van der Waals surface area contributed by atoms with Crippen LogP contribution in [0.25, 0.3) is 11.1 Å². The van der Waals surface area contributed by atoms with Gasteiger partial charge >= 0.3 is 0 Å². The number of piperidine rings is 1. The van der Waals surface area contributed by atoms with Crippen molar-refractivity contribution < 1.29 is 10.2 Å². The van der Waals surface area contributed by atoms with Crippen LogP contribution in [0.2, 0.25) is 0 Å². The van der Waals surface area contributed by atoms with Crippen molar-refractivity contribution in [3.8, 4) is 11.1 Å². The molecule has 1 aliphatic rings. The Morgan fingerprint density at radius 2 is 1.59 bits per heavy atom. The lowest BCUT2D eigenvalue weighted by Crippen LogP contribution is -2.53. The molecule has 2 N–H and O–H groups in total. The zero-order valence-electron chi connectivity index (χ0n) is 16.4. The van der Waals surface area contributed by atoms with Crippen molar-refractivity contribution in [2.75, 3.05) is 13.1 Å². The average Bonchev–Trinajstić information content (AvgIpc) is 2.68. The summed E-state index contributed by atoms with van der Waals surface area (Å²) in [7, 11) is 0. The molecule has 1 fully saturated rings. The maximum atomic E-state index is 11.1. The first-order valence-corrected chi connectivity index (χ1v) is 10.6. The number of nitrogens with zero attached hydrogens (tertiary/aromatic N) is 1.